The van der Waals surface area contributed by atoms with Crippen molar-refractivity contribution in [1.82, 2.24) is 5.32 Å². The summed E-state index contributed by atoms with van der Waals surface area (Å²) in [6.07, 6.45) is 0. The molecule has 1 amide bonds. The van der Waals surface area contributed by atoms with Crippen molar-refractivity contribution in [3.8, 4) is 5.75 Å². The minimum Gasteiger partial charge on any atom is -0.484 e. The molecule has 2 aromatic carbocycles. The van der Waals surface area contributed by atoms with Crippen molar-refractivity contribution in [3.63, 3.8) is 0 Å². The Kier molecular flexibility index (Phi) is 5.40. The van der Waals surface area contributed by atoms with Crippen LogP contribution in [0.3, 0.4) is 0 Å². The molecule has 0 aliphatic rings. The van der Waals surface area contributed by atoms with Crippen molar-refractivity contribution in [1.29, 1.82) is 0 Å². The van der Waals surface area contributed by atoms with Gasteiger partial charge >= 0.3 is 0 Å². The van der Waals surface area contributed by atoms with Crippen LogP contribution < -0.4 is 10.1 Å². The Labute approximate surface area is 132 Å². The lowest BCUT2D eigenvalue weighted by Crippen LogP contribution is -2.31. The number of carbonyl (C=O) groups is 1. The van der Waals surface area contributed by atoms with E-state index in [2.05, 4.69) is 27.9 Å². The number of hydrogen-bond donors (Lipinski definition) is 1. The second-order valence-corrected chi connectivity index (χ2v) is 5.69. The van der Waals surface area contributed by atoms with Gasteiger partial charge < -0.3 is 10.1 Å². The molecule has 0 heterocycles. The van der Waals surface area contributed by atoms with Gasteiger partial charge in [-0.05, 0) is 53.3 Å². The van der Waals surface area contributed by atoms with E-state index in [1.165, 1.54) is 0 Å². The summed E-state index contributed by atoms with van der Waals surface area (Å²) in [6, 6.07) is 17.5. The minimum absolute atomic E-state index is 0.0248. The van der Waals surface area contributed by atoms with Gasteiger partial charge in [-0.3, -0.25) is 4.79 Å². The first-order valence-electron chi connectivity index (χ1n) is 6.38. The molecule has 0 saturated carbocycles. The van der Waals surface area contributed by atoms with Crippen molar-refractivity contribution in [3.05, 3.63) is 63.7 Å². The molecule has 2 rings (SSSR count). The van der Waals surface area contributed by atoms with Crippen LogP contribution in [0.5, 0.6) is 5.75 Å². The van der Waals surface area contributed by atoms with Gasteiger partial charge in [-0.15, -0.1) is 0 Å². The van der Waals surface area contributed by atoms with Crippen LogP contribution in [-0.4, -0.2) is 12.5 Å². The third kappa shape index (κ3) is 4.52. The fraction of sp³-hybridized carbons (Fsp3) is 0.188. The van der Waals surface area contributed by atoms with Gasteiger partial charge in [-0.25, -0.2) is 0 Å². The van der Waals surface area contributed by atoms with Gasteiger partial charge in [0.15, 0.2) is 6.61 Å². The van der Waals surface area contributed by atoms with E-state index in [0.29, 0.717) is 5.75 Å². The van der Waals surface area contributed by atoms with Crippen LogP contribution in [-0.2, 0) is 4.79 Å². The average molecular weight is 381 g/mol. The third-order valence-corrected chi connectivity index (χ3v) is 3.51. The van der Waals surface area contributed by atoms with Crippen molar-refractivity contribution in [2.75, 3.05) is 6.61 Å². The first-order valence-corrected chi connectivity index (χ1v) is 7.45. The fourth-order valence-corrected chi connectivity index (χ4v) is 2.33. The molecule has 2 aromatic rings. The summed E-state index contributed by atoms with van der Waals surface area (Å²) in [5, 5.41) is 2.92. The Balaban J connectivity index is 1.84. The number of carbonyl (C=O) groups excluding carboxylic acids is 1. The van der Waals surface area contributed by atoms with Crippen LogP contribution in [0.25, 0.3) is 0 Å². The van der Waals surface area contributed by atoms with E-state index in [0.717, 1.165) is 9.13 Å². The minimum atomic E-state index is -0.125. The Morgan fingerprint density at radius 1 is 1.20 bits per heavy atom. The van der Waals surface area contributed by atoms with E-state index >= 15 is 0 Å². The highest BCUT2D eigenvalue weighted by Crippen LogP contribution is 2.15. The zero-order chi connectivity index (χ0) is 14.4. The van der Waals surface area contributed by atoms with E-state index in [1.807, 2.05) is 61.5 Å². The Morgan fingerprint density at radius 3 is 2.65 bits per heavy atom. The average Bonchev–Trinajstić information content (AvgIpc) is 2.46. The quantitative estimate of drug-likeness (QED) is 0.805. The van der Waals surface area contributed by atoms with Crippen LogP contribution in [0, 0.1) is 3.57 Å². The molecule has 3 nitrogen and oxygen atoms in total. The number of benzene rings is 2. The van der Waals surface area contributed by atoms with Gasteiger partial charge in [0.05, 0.1) is 6.04 Å². The number of amides is 1. The SMILES string of the molecule is C[C@@H](NC(=O)COc1cccc(I)c1)c1ccccc1. The van der Waals surface area contributed by atoms with Gasteiger partial charge in [0.2, 0.25) is 0 Å². The molecule has 4 heteroatoms. The van der Waals surface area contributed by atoms with E-state index in [9.17, 15) is 4.79 Å². The maximum atomic E-state index is 11.8. The Morgan fingerprint density at radius 2 is 1.95 bits per heavy atom. The van der Waals surface area contributed by atoms with Crippen LogP contribution in [0.15, 0.2) is 54.6 Å². The standard InChI is InChI=1S/C16H16INO2/c1-12(13-6-3-2-4-7-13)18-16(19)11-20-15-9-5-8-14(17)10-15/h2-10,12H,11H2,1H3,(H,18,19)/t12-/m1/s1. The maximum absolute atomic E-state index is 11.8. The zero-order valence-corrected chi connectivity index (χ0v) is 13.3. The molecule has 0 aliphatic carbocycles. The van der Waals surface area contributed by atoms with Gasteiger partial charge in [0, 0.05) is 3.57 Å². The summed E-state index contributed by atoms with van der Waals surface area (Å²) in [7, 11) is 0. The molecule has 0 radical (unpaired) electrons. The number of hydrogen-bond acceptors (Lipinski definition) is 2. The summed E-state index contributed by atoms with van der Waals surface area (Å²) < 4.78 is 6.55. The van der Waals surface area contributed by atoms with Crippen LogP contribution in [0.2, 0.25) is 0 Å². The molecule has 0 fully saturated rings. The van der Waals surface area contributed by atoms with E-state index < -0.39 is 0 Å². The summed E-state index contributed by atoms with van der Waals surface area (Å²) >= 11 is 2.21. The van der Waals surface area contributed by atoms with Crippen molar-refractivity contribution < 1.29 is 9.53 Å². The smallest absolute Gasteiger partial charge is 0.258 e. The molecular weight excluding hydrogens is 365 g/mol. The highest BCUT2D eigenvalue weighted by atomic mass is 127. The van der Waals surface area contributed by atoms with E-state index in [-0.39, 0.29) is 18.6 Å². The molecule has 0 aromatic heterocycles. The predicted molar refractivity (Wildman–Crippen MR) is 87.7 cm³/mol. The van der Waals surface area contributed by atoms with E-state index in [4.69, 9.17) is 4.74 Å². The molecule has 1 atom stereocenters. The summed E-state index contributed by atoms with van der Waals surface area (Å²) in [5.41, 5.74) is 1.08. The van der Waals surface area contributed by atoms with Gasteiger partial charge in [0.25, 0.3) is 5.91 Å². The number of nitrogens with one attached hydrogen (secondary N) is 1. The highest BCUT2D eigenvalue weighted by Gasteiger charge is 2.09. The zero-order valence-electron chi connectivity index (χ0n) is 11.2. The molecule has 0 saturated heterocycles. The molecule has 0 spiro atoms. The summed E-state index contributed by atoms with van der Waals surface area (Å²) in [5.74, 6) is 0.583. The van der Waals surface area contributed by atoms with E-state index in [1.54, 1.807) is 0 Å². The van der Waals surface area contributed by atoms with Gasteiger partial charge in [-0.1, -0.05) is 36.4 Å². The highest BCUT2D eigenvalue weighted by molar-refractivity contribution is 14.1. The lowest BCUT2D eigenvalue weighted by Gasteiger charge is -2.14. The third-order valence-electron chi connectivity index (χ3n) is 2.84. The predicted octanol–water partition coefficient (Wildman–Crippen LogP) is 3.55. The van der Waals surface area contributed by atoms with Crippen molar-refractivity contribution in [2.24, 2.45) is 0 Å². The summed E-state index contributed by atoms with van der Waals surface area (Å²) in [4.78, 5) is 11.8. The lowest BCUT2D eigenvalue weighted by atomic mass is 10.1. The Hall–Kier alpha value is -1.56. The van der Waals surface area contributed by atoms with Gasteiger partial charge in [0.1, 0.15) is 5.75 Å². The van der Waals surface area contributed by atoms with Gasteiger partial charge in [-0.2, -0.15) is 0 Å². The number of halogens is 1. The van der Waals surface area contributed by atoms with Crippen molar-refractivity contribution in [2.45, 2.75) is 13.0 Å². The number of ether oxygens (including phenoxy) is 1. The topological polar surface area (TPSA) is 38.3 Å². The monoisotopic (exact) mass is 381 g/mol. The molecule has 104 valence electrons. The second-order valence-electron chi connectivity index (χ2n) is 4.45. The first kappa shape index (κ1) is 14.8. The molecule has 20 heavy (non-hydrogen) atoms. The summed E-state index contributed by atoms with van der Waals surface area (Å²) in [6.45, 7) is 1.98. The molecule has 1 N–H and O–H groups in total. The molecule has 0 unspecified atom stereocenters. The maximum Gasteiger partial charge on any atom is 0.258 e. The first-order chi connectivity index (χ1) is 9.65. The lowest BCUT2D eigenvalue weighted by molar-refractivity contribution is -0.123. The van der Waals surface area contributed by atoms with Crippen LogP contribution in [0.4, 0.5) is 0 Å². The molecule has 0 bridgehead atoms. The van der Waals surface area contributed by atoms with Crippen LogP contribution in [0.1, 0.15) is 18.5 Å². The van der Waals surface area contributed by atoms with Crippen LogP contribution >= 0.6 is 22.6 Å². The molecular formula is C16H16INO2. The Bertz CT molecular complexity index is 572. The molecule has 0 aliphatic heterocycles. The largest absolute Gasteiger partial charge is 0.484 e. The van der Waals surface area contributed by atoms with Crippen molar-refractivity contribution >= 4 is 28.5 Å². The normalized spacial score (nSPS) is 11.7. The fourth-order valence-electron chi connectivity index (χ4n) is 1.81. The number of rotatable bonds is 5. The second kappa shape index (κ2) is 7.28.